The molecular formula is C12H23NO2S. The maximum absolute atomic E-state index is 11.6. The minimum Gasteiger partial charge on any atom is -0.298 e. The van der Waals surface area contributed by atoms with E-state index >= 15 is 0 Å². The molecule has 0 aromatic heterocycles. The van der Waals surface area contributed by atoms with Crippen LogP contribution in [0.2, 0.25) is 0 Å². The van der Waals surface area contributed by atoms with Gasteiger partial charge in [0.1, 0.15) is 0 Å². The minimum absolute atomic E-state index is 0.126. The molecule has 2 fully saturated rings. The van der Waals surface area contributed by atoms with E-state index in [-0.39, 0.29) is 11.0 Å². The van der Waals surface area contributed by atoms with Crippen LogP contribution in [0, 0.1) is 5.41 Å². The van der Waals surface area contributed by atoms with Crippen LogP contribution in [0.25, 0.3) is 0 Å². The summed E-state index contributed by atoms with van der Waals surface area (Å²) >= 11 is 0. The lowest BCUT2D eigenvalue weighted by Crippen LogP contribution is -2.49. The summed E-state index contributed by atoms with van der Waals surface area (Å²) < 4.78 is 23.1. The molecule has 2 rings (SSSR count). The fraction of sp³-hybridized carbons (Fsp3) is 1.00. The molecule has 3 nitrogen and oxygen atoms in total. The number of rotatable bonds is 0. The van der Waals surface area contributed by atoms with Gasteiger partial charge in [-0.15, -0.1) is 0 Å². The molecular weight excluding hydrogens is 222 g/mol. The second kappa shape index (κ2) is 3.70. The predicted octanol–water partition coefficient (Wildman–Crippen LogP) is 1.69. The average Bonchev–Trinajstić information content (AvgIpc) is 2.41. The smallest absolute Gasteiger partial charge is 0.150 e. The first kappa shape index (κ1) is 12.4. The van der Waals surface area contributed by atoms with Crippen LogP contribution in [0.4, 0.5) is 0 Å². The third-order valence-electron chi connectivity index (χ3n) is 4.24. The summed E-state index contributed by atoms with van der Waals surface area (Å²) in [6.07, 6.45) is 3.01. The lowest BCUT2D eigenvalue weighted by atomic mass is 9.77. The predicted molar refractivity (Wildman–Crippen MR) is 66.3 cm³/mol. The van der Waals surface area contributed by atoms with Crippen LogP contribution in [0.15, 0.2) is 0 Å². The van der Waals surface area contributed by atoms with E-state index in [0.717, 1.165) is 32.4 Å². The molecule has 2 saturated heterocycles. The molecule has 0 radical (unpaired) electrons. The van der Waals surface area contributed by atoms with Gasteiger partial charge in [0, 0.05) is 5.54 Å². The van der Waals surface area contributed by atoms with E-state index in [1.165, 1.54) is 0 Å². The second-order valence-corrected chi connectivity index (χ2v) is 8.68. The van der Waals surface area contributed by atoms with Crippen LogP contribution in [-0.2, 0) is 9.84 Å². The van der Waals surface area contributed by atoms with E-state index < -0.39 is 9.84 Å². The molecule has 4 heteroatoms. The minimum atomic E-state index is -2.73. The maximum Gasteiger partial charge on any atom is 0.150 e. The van der Waals surface area contributed by atoms with Crippen molar-refractivity contribution in [1.82, 2.24) is 4.90 Å². The van der Waals surface area contributed by atoms with Crippen molar-refractivity contribution in [2.45, 2.75) is 45.6 Å². The molecule has 0 amide bonds. The molecule has 0 saturated carbocycles. The van der Waals surface area contributed by atoms with Crippen LogP contribution in [-0.4, -0.2) is 43.5 Å². The molecule has 0 N–H and O–H groups in total. The van der Waals surface area contributed by atoms with Gasteiger partial charge < -0.3 is 0 Å². The first-order valence-electron chi connectivity index (χ1n) is 6.18. The molecule has 0 bridgehead atoms. The summed E-state index contributed by atoms with van der Waals surface area (Å²) in [4.78, 5) is 2.48. The molecule has 0 atom stereocenters. The number of hydrogen-bond donors (Lipinski definition) is 0. The Morgan fingerprint density at radius 2 is 1.62 bits per heavy atom. The Bertz CT molecular complexity index is 359. The van der Waals surface area contributed by atoms with E-state index in [1.54, 1.807) is 0 Å². The number of hydrogen-bond acceptors (Lipinski definition) is 3. The lowest BCUT2D eigenvalue weighted by Gasteiger charge is -2.44. The van der Waals surface area contributed by atoms with Crippen molar-refractivity contribution in [3.8, 4) is 0 Å². The molecule has 1 spiro atoms. The van der Waals surface area contributed by atoms with Crippen molar-refractivity contribution in [2.24, 2.45) is 5.41 Å². The first-order chi connectivity index (χ1) is 7.23. The van der Waals surface area contributed by atoms with Gasteiger partial charge in [0.15, 0.2) is 9.84 Å². The first-order valence-corrected chi connectivity index (χ1v) is 8.00. The fourth-order valence-electron chi connectivity index (χ4n) is 3.03. The summed E-state index contributed by atoms with van der Waals surface area (Å²) in [6.45, 7) is 8.81. The van der Waals surface area contributed by atoms with E-state index in [2.05, 4.69) is 25.7 Å². The number of likely N-dealkylation sites (tertiary alicyclic amines) is 1. The zero-order valence-electron chi connectivity index (χ0n) is 10.6. The average molecular weight is 245 g/mol. The molecule has 0 aromatic rings. The van der Waals surface area contributed by atoms with E-state index in [4.69, 9.17) is 0 Å². The van der Waals surface area contributed by atoms with Gasteiger partial charge in [-0.05, 0) is 58.5 Å². The van der Waals surface area contributed by atoms with Crippen molar-refractivity contribution in [1.29, 1.82) is 0 Å². The Balaban J connectivity index is 2.01. The molecule has 94 valence electrons. The van der Waals surface area contributed by atoms with E-state index in [0.29, 0.717) is 11.5 Å². The fourth-order valence-corrected chi connectivity index (χ4v) is 5.28. The van der Waals surface area contributed by atoms with Gasteiger partial charge in [-0.25, -0.2) is 8.42 Å². The van der Waals surface area contributed by atoms with Gasteiger partial charge >= 0.3 is 0 Å². The maximum atomic E-state index is 11.6. The van der Waals surface area contributed by atoms with Gasteiger partial charge in [-0.2, -0.15) is 0 Å². The summed E-state index contributed by atoms with van der Waals surface area (Å²) in [7, 11) is -2.73. The topological polar surface area (TPSA) is 37.4 Å². The Morgan fingerprint density at radius 3 is 2.00 bits per heavy atom. The van der Waals surface area contributed by atoms with Gasteiger partial charge in [-0.1, -0.05) is 0 Å². The third kappa shape index (κ3) is 2.43. The summed E-state index contributed by atoms with van der Waals surface area (Å²) in [5, 5.41) is 0. The van der Waals surface area contributed by atoms with E-state index in [1.807, 2.05) is 0 Å². The summed E-state index contributed by atoms with van der Waals surface area (Å²) in [5.41, 5.74) is 0.347. The summed E-state index contributed by atoms with van der Waals surface area (Å²) in [5.74, 6) is 0.862. The Morgan fingerprint density at radius 1 is 1.06 bits per heavy atom. The van der Waals surface area contributed by atoms with Crippen LogP contribution in [0.3, 0.4) is 0 Å². The van der Waals surface area contributed by atoms with Gasteiger partial charge in [-0.3, -0.25) is 4.90 Å². The molecule has 2 aliphatic heterocycles. The lowest BCUT2D eigenvalue weighted by molar-refractivity contribution is 0.0542. The normalized spacial score (nSPS) is 29.7. The number of sulfone groups is 1. The number of piperidine rings is 1. The van der Waals surface area contributed by atoms with Gasteiger partial charge in [0.2, 0.25) is 0 Å². The number of nitrogens with zero attached hydrogens (tertiary/aromatic N) is 1. The van der Waals surface area contributed by atoms with Crippen molar-refractivity contribution in [2.75, 3.05) is 24.6 Å². The second-order valence-electron chi connectivity index (χ2n) is 6.50. The molecule has 0 unspecified atom stereocenters. The van der Waals surface area contributed by atoms with Crippen LogP contribution < -0.4 is 0 Å². The Hall–Kier alpha value is -0.0900. The summed E-state index contributed by atoms with van der Waals surface area (Å²) in [6, 6.07) is 0. The highest BCUT2D eigenvalue weighted by molar-refractivity contribution is 7.91. The van der Waals surface area contributed by atoms with Crippen molar-refractivity contribution >= 4 is 9.84 Å². The Labute approximate surface area is 99.1 Å². The third-order valence-corrected chi connectivity index (χ3v) is 6.12. The molecule has 0 aromatic carbocycles. The van der Waals surface area contributed by atoms with Crippen LogP contribution >= 0.6 is 0 Å². The molecule has 2 aliphatic rings. The quantitative estimate of drug-likeness (QED) is 0.652. The van der Waals surface area contributed by atoms with Crippen molar-refractivity contribution < 1.29 is 8.42 Å². The van der Waals surface area contributed by atoms with Crippen LogP contribution in [0.5, 0.6) is 0 Å². The van der Waals surface area contributed by atoms with Crippen molar-refractivity contribution in [3.05, 3.63) is 0 Å². The highest BCUT2D eigenvalue weighted by Gasteiger charge is 2.44. The SMILES string of the molecule is CC(C)(C)N1CCC2(CC1)CCS(=O)(=O)C2. The van der Waals surface area contributed by atoms with E-state index in [9.17, 15) is 8.42 Å². The zero-order valence-corrected chi connectivity index (χ0v) is 11.4. The van der Waals surface area contributed by atoms with Gasteiger partial charge in [0.05, 0.1) is 11.5 Å². The molecule has 16 heavy (non-hydrogen) atoms. The molecule has 2 heterocycles. The van der Waals surface area contributed by atoms with Gasteiger partial charge in [0.25, 0.3) is 0 Å². The highest BCUT2D eigenvalue weighted by Crippen LogP contribution is 2.42. The van der Waals surface area contributed by atoms with Crippen LogP contribution in [0.1, 0.15) is 40.0 Å². The highest BCUT2D eigenvalue weighted by atomic mass is 32.2. The van der Waals surface area contributed by atoms with Crippen molar-refractivity contribution in [3.63, 3.8) is 0 Å². The largest absolute Gasteiger partial charge is 0.298 e. The Kier molecular flexibility index (Phi) is 2.86. The standard InChI is InChI=1S/C12H23NO2S/c1-11(2,3)13-7-4-12(5-8-13)6-9-16(14,15)10-12/h4-10H2,1-3H3. The zero-order chi connectivity index (χ0) is 12.0. The monoisotopic (exact) mass is 245 g/mol. The molecule has 0 aliphatic carbocycles.